The number of aryl methyl sites for hydroxylation is 1. The largest absolute Gasteiger partial charge is 0.478 e. The third-order valence-electron chi connectivity index (χ3n) is 2.67. The Labute approximate surface area is 125 Å². The molecule has 0 atom stereocenters. The highest BCUT2D eigenvalue weighted by atomic mass is 32.2. The smallest absolute Gasteiger partial charge is 0.337 e. The van der Waals surface area contributed by atoms with Gasteiger partial charge in [0.05, 0.1) is 22.0 Å². The van der Waals surface area contributed by atoms with Crippen molar-refractivity contribution in [3.8, 4) is 0 Å². The number of primary sulfonamides is 1. The van der Waals surface area contributed by atoms with Crippen molar-refractivity contribution in [2.45, 2.75) is 18.4 Å². The number of carboxylic acid groups (broad SMARTS) is 1. The fourth-order valence-electron chi connectivity index (χ4n) is 1.70. The Morgan fingerprint density at radius 1 is 1.48 bits per heavy atom. The van der Waals surface area contributed by atoms with Gasteiger partial charge in [-0.1, -0.05) is 0 Å². The first-order valence-electron chi connectivity index (χ1n) is 5.82. The number of sulfonamides is 1. The van der Waals surface area contributed by atoms with E-state index in [1.807, 2.05) is 6.92 Å². The number of nitrogens with one attached hydrogen (secondary N) is 1. The average molecular weight is 327 g/mol. The van der Waals surface area contributed by atoms with Crippen molar-refractivity contribution in [2.24, 2.45) is 5.14 Å². The van der Waals surface area contributed by atoms with Crippen LogP contribution in [0.5, 0.6) is 0 Å². The normalized spacial score (nSPS) is 11.3. The summed E-state index contributed by atoms with van der Waals surface area (Å²) in [5.74, 6) is -1.23. The minimum atomic E-state index is -3.94. The molecule has 1 aromatic heterocycles. The van der Waals surface area contributed by atoms with Crippen LogP contribution in [0.4, 0.5) is 5.69 Å². The van der Waals surface area contributed by atoms with Gasteiger partial charge >= 0.3 is 5.97 Å². The fraction of sp³-hybridized carbons (Fsp3) is 0.167. The van der Waals surface area contributed by atoms with Gasteiger partial charge in [0, 0.05) is 16.8 Å². The monoisotopic (exact) mass is 327 g/mol. The summed E-state index contributed by atoms with van der Waals surface area (Å²) in [5.41, 5.74) is 0.170. The van der Waals surface area contributed by atoms with Crippen LogP contribution < -0.4 is 10.5 Å². The van der Waals surface area contributed by atoms with Crippen LogP contribution in [0.1, 0.15) is 20.2 Å². The lowest BCUT2D eigenvalue weighted by Crippen LogP contribution is -2.14. The summed E-state index contributed by atoms with van der Waals surface area (Å²) in [6, 6.07) is 3.69. The number of carboxylic acids is 1. The molecule has 2 rings (SSSR count). The maximum Gasteiger partial charge on any atom is 0.337 e. The second kappa shape index (κ2) is 5.80. The molecule has 0 fully saturated rings. The summed E-state index contributed by atoms with van der Waals surface area (Å²) >= 11 is 1.49. The summed E-state index contributed by atoms with van der Waals surface area (Å²) in [4.78, 5) is 16.0. The fourth-order valence-corrected chi connectivity index (χ4v) is 2.98. The molecular formula is C12H13N3O4S2. The molecule has 0 aliphatic carbocycles. The van der Waals surface area contributed by atoms with Crippen molar-refractivity contribution >= 4 is 33.0 Å². The molecule has 0 saturated carbocycles. The van der Waals surface area contributed by atoms with Crippen molar-refractivity contribution in [3.05, 3.63) is 39.8 Å². The van der Waals surface area contributed by atoms with Crippen LogP contribution in [0.25, 0.3) is 0 Å². The molecule has 1 aromatic carbocycles. The SMILES string of the molecule is Cc1ncc(CNc2ccc(S(N)(=O)=O)cc2C(=O)O)s1. The van der Waals surface area contributed by atoms with E-state index in [4.69, 9.17) is 5.14 Å². The third-order valence-corrected chi connectivity index (χ3v) is 4.50. The highest BCUT2D eigenvalue weighted by Crippen LogP contribution is 2.21. The van der Waals surface area contributed by atoms with Gasteiger partial charge in [0.15, 0.2) is 0 Å². The molecule has 112 valence electrons. The molecular weight excluding hydrogens is 314 g/mol. The standard InChI is InChI=1S/C12H13N3O4S2/c1-7-14-5-8(20-7)6-15-11-3-2-9(21(13,18)19)4-10(11)12(16)17/h2-5,15H,6H2,1H3,(H,16,17)(H2,13,18,19). The molecule has 0 saturated heterocycles. The predicted octanol–water partition coefficient (Wildman–Crippen LogP) is 1.41. The van der Waals surface area contributed by atoms with E-state index in [-0.39, 0.29) is 10.5 Å². The summed E-state index contributed by atoms with van der Waals surface area (Å²) in [6.45, 7) is 2.28. The van der Waals surface area contributed by atoms with Crippen LogP contribution in [-0.4, -0.2) is 24.5 Å². The molecule has 0 aliphatic rings. The maximum atomic E-state index is 11.3. The van der Waals surface area contributed by atoms with Crippen LogP contribution in [0.2, 0.25) is 0 Å². The molecule has 0 aliphatic heterocycles. The first kappa shape index (κ1) is 15.4. The van der Waals surface area contributed by atoms with Gasteiger partial charge in [-0.2, -0.15) is 0 Å². The first-order valence-corrected chi connectivity index (χ1v) is 8.19. The third kappa shape index (κ3) is 3.78. The summed E-state index contributed by atoms with van der Waals surface area (Å²) < 4.78 is 22.5. The number of carbonyl (C=O) groups is 1. The van der Waals surface area contributed by atoms with Gasteiger partial charge in [-0.25, -0.2) is 23.3 Å². The van der Waals surface area contributed by atoms with Crippen molar-refractivity contribution in [1.29, 1.82) is 0 Å². The minimum Gasteiger partial charge on any atom is -0.478 e. The molecule has 0 spiro atoms. The van der Waals surface area contributed by atoms with E-state index in [2.05, 4.69) is 10.3 Å². The molecule has 0 bridgehead atoms. The lowest BCUT2D eigenvalue weighted by Gasteiger charge is -2.09. The van der Waals surface area contributed by atoms with E-state index in [9.17, 15) is 18.3 Å². The van der Waals surface area contributed by atoms with Gasteiger partial charge < -0.3 is 10.4 Å². The lowest BCUT2D eigenvalue weighted by atomic mass is 10.2. The number of nitrogens with zero attached hydrogens (tertiary/aromatic N) is 1. The number of aromatic carboxylic acids is 1. The van der Waals surface area contributed by atoms with E-state index in [1.54, 1.807) is 6.20 Å². The molecule has 2 aromatic rings. The van der Waals surface area contributed by atoms with Gasteiger partial charge in [-0.3, -0.25) is 0 Å². The van der Waals surface area contributed by atoms with Crippen LogP contribution in [0.3, 0.4) is 0 Å². The second-order valence-corrected chi connectivity index (χ2v) is 7.14. The van der Waals surface area contributed by atoms with Crippen molar-refractivity contribution in [2.75, 3.05) is 5.32 Å². The highest BCUT2D eigenvalue weighted by Gasteiger charge is 2.16. The number of hydrogen-bond acceptors (Lipinski definition) is 6. The Bertz CT molecular complexity index is 784. The average Bonchev–Trinajstić information content (AvgIpc) is 2.80. The Kier molecular flexibility index (Phi) is 4.26. The number of anilines is 1. The first-order chi connectivity index (χ1) is 9.77. The molecule has 7 nitrogen and oxygen atoms in total. The van der Waals surface area contributed by atoms with Gasteiger partial charge in [-0.15, -0.1) is 11.3 Å². The summed E-state index contributed by atoms with van der Waals surface area (Å²) in [5, 5.41) is 18.0. The molecule has 9 heteroatoms. The Balaban J connectivity index is 2.28. The van der Waals surface area contributed by atoms with Gasteiger partial charge in [-0.05, 0) is 25.1 Å². The zero-order valence-electron chi connectivity index (χ0n) is 11.0. The summed E-state index contributed by atoms with van der Waals surface area (Å²) in [6.07, 6.45) is 1.70. The van der Waals surface area contributed by atoms with Crippen LogP contribution in [-0.2, 0) is 16.6 Å². The number of nitrogens with two attached hydrogens (primary N) is 1. The van der Waals surface area contributed by atoms with Gasteiger partial charge in [0.2, 0.25) is 10.0 Å². The van der Waals surface area contributed by atoms with Crippen LogP contribution in [0, 0.1) is 6.92 Å². The minimum absolute atomic E-state index is 0.150. The van der Waals surface area contributed by atoms with Crippen LogP contribution >= 0.6 is 11.3 Å². The Hall–Kier alpha value is -1.97. The van der Waals surface area contributed by atoms with Crippen molar-refractivity contribution in [3.63, 3.8) is 0 Å². The van der Waals surface area contributed by atoms with Crippen molar-refractivity contribution in [1.82, 2.24) is 4.98 Å². The predicted molar refractivity (Wildman–Crippen MR) is 79.0 cm³/mol. The van der Waals surface area contributed by atoms with Crippen molar-refractivity contribution < 1.29 is 18.3 Å². The number of thiazole rings is 1. The Morgan fingerprint density at radius 2 is 2.19 bits per heavy atom. The van der Waals surface area contributed by atoms with E-state index in [0.717, 1.165) is 16.0 Å². The molecule has 0 amide bonds. The van der Waals surface area contributed by atoms with E-state index in [0.29, 0.717) is 12.2 Å². The zero-order chi connectivity index (χ0) is 15.6. The van der Waals surface area contributed by atoms with Gasteiger partial charge in [0.25, 0.3) is 0 Å². The maximum absolute atomic E-state index is 11.3. The number of hydrogen-bond donors (Lipinski definition) is 3. The molecule has 1 heterocycles. The van der Waals surface area contributed by atoms with E-state index in [1.165, 1.54) is 23.5 Å². The van der Waals surface area contributed by atoms with Crippen LogP contribution in [0.15, 0.2) is 29.3 Å². The second-order valence-electron chi connectivity index (χ2n) is 4.26. The number of rotatable bonds is 5. The Morgan fingerprint density at radius 3 is 2.71 bits per heavy atom. The number of aromatic nitrogens is 1. The topological polar surface area (TPSA) is 122 Å². The van der Waals surface area contributed by atoms with E-state index < -0.39 is 16.0 Å². The quantitative estimate of drug-likeness (QED) is 0.763. The van der Waals surface area contributed by atoms with Gasteiger partial charge in [0.1, 0.15) is 0 Å². The summed E-state index contributed by atoms with van der Waals surface area (Å²) in [7, 11) is -3.94. The zero-order valence-corrected chi connectivity index (χ0v) is 12.7. The lowest BCUT2D eigenvalue weighted by molar-refractivity contribution is 0.0697. The molecule has 0 radical (unpaired) electrons. The number of benzene rings is 1. The van der Waals surface area contributed by atoms with E-state index >= 15 is 0 Å². The molecule has 4 N–H and O–H groups in total. The highest BCUT2D eigenvalue weighted by molar-refractivity contribution is 7.89. The molecule has 21 heavy (non-hydrogen) atoms. The molecule has 0 unspecified atom stereocenters.